The first-order chi connectivity index (χ1) is 5.75. The van der Waals surface area contributed by atoms with Gasteiger partial charge in [-0.05, 0) is 26.4 Å². The SMILES string of the molecule is CN1CCCC2OC(=O)NC2C1. The highest BCUT2D eigenvalue weighted by Gasteiger charge is 2.35. The Morgan fingerprint density at radius 2 is 2.50 bits per heavy atom. The number of carbonyl (C=O) groups is 1. The summed E-state index contributed by atoms with van der Waals surface area (Å²) < 4.78 is 5.12. The van der Waals surface area contributed by atoms with E-state index in [-0.39, 0.29) is 18.2 Å². The quantitative estimate of drug-likeness (QED) is 0.564. The highest BCUT2D eigenvalue weighted by Crippen LogP contribution is 2.18. The van der Waals surface area contributed by atoms with Gasteiger partial charge < -0.3 is 15.0 Å². The number of alkyl carbamates (subject to hydrolysis) is 1. The second-order valence-corrected chi connectivity index (χ2v) is 3.60. The Labute approximate surface area is 71.9 Å². The number of hydrogen-bond donors (Lipinski definition) is 1. The second-order valence-electron chi connectivity index (χ2n) is 3.60. The van der Waals surface area contributed by atoms with Gasteiger partial charge in [0.05, 0.1) is 6.04 Å². The summed E-state index contributed by atoms with van der Waals surface area (Å²) in [4.78, 5) is 13.1. The molecule has 0 spiro atoms. The molecule has 2 saturated heterocycles. The van der Waals surface area contributed by atoms with Crippen molar-refractivity contribution in [2.24, 2.45) is 0 Å². The van der Waals surface area contributed by atoms with Gasteiger partial charge >= 0.3 is 6.09 Å². The Morgan fingerprint density at radius 1 is 1.67 bits per heavy atom. The molecule has 2 aliphatic heterocycles. The fourth-order valence-corrected chi connectivity index (χ4v) is 1.91. The minimum Gasteiger partial charge on any atom is -0.444 e. The molecule has 68 valence electrons. The third-order valence-corrected chi connectivity index (χ3v) is 2.55. The summed E-state index contributed by atoms with van der Waals surface area (Å²) in [6, 6.07) is 0.213. The average molecular weight is 170 g/mol. The normalized spacial score (nSPS) is 36.6. The zero-order valence-electron chi connectivity index (χ0n) is 7.25. The van der Waals surface area contributed by atoms with Gasteiger partial charge in [-0.25, -0.2) is 4.79 Å². The molecule has 0 aliphatic carbocycles. The second kappa shape index (κ2) is 2.94. The summed E-state index contributed by atoms with van der Waals surface area (Å²) in [5.74, 6) is 0. The molecule has 2 rings (SSSR count). The molecule has 2 atom stereocenters. The van der Waals surface area contributed by atoms with Crippen molar-refractivity contribution in [3.8, 4) is 0 Å². The summed E-state index contributed by atoms with van der Waals surface area (Å²) >= 11 is 0. The monoisotopic (exact) mass is 170 g/mol. The smallest absolute Gasteiger partial charge is 0.407 e. The maximum atomic E-state index is 10.9. The number of fused-ring (bicyclic) bond motifs is 1. The first-order valence-corrected chi connectivity index (χ1v) is 4.41. The number of amides is 1. The predicted molar refractivity (Wildman–Crippen MR) is 43.9 cm³/mol. The molecule has 0 radical (unpaired) electrons. The van der Waals surface area contributed by atoms with Crippen LogP contribution in [-0.4, -0.2) is 43.3 Å². The number of likely N-dealkylation sites (tertiary alicyclic amines) is 1. The highest BCUT2D eigenvalue weighted by atomic mass is 16.6. The number of ether oxygens (including phenoxy) is 1. The maximum absolute atomic E-state index is 10.9. The van der Waals surface area contributed by atoms with E-state index in [1.54, 1.807) is 0 Å². The lowest BCUT2D eigenvalue weighted by molar-refractivity contribution is 0.128. The molecule has 12 heavy (non-hydrogen) atoms. The highest BCUT2D eigenvalue weighted by molar-refractivity contribution is 5.70. The number of hydrogen-bond acceptors (Lipinski definition) is 3. The van der Waals surface area contributed by atoms with Crippen LogP contribution >= 0.6 is 0 Å². The van der Waals surface area contributed by atoms with Crippen molar-refractivity contribution < 1.29 is 9.53 Å². The number of rotatable bonds is 0. The van der Waals surface area contributed by atoms with Gasteiger partial charge in [0.25, 0.3) is 0 Å². The Balaban J connectivity index is 2.03. The molecular weight excluding hydrogens is 156 g/mol. The minimum atomic E-state index is -0.250. The minimum absolute atomic E-state index is 0.113. The van der Waals surface area contributed by atoms with Gasteiger partial charge in [-0.2, -0.15) is 0 Å². The van der Waals surface area contributed by atoms with Gasteiger partial charge in [0.15, 0.2) is 0 Å². The van der Waals surface area contributed by atoms with E-state index in [1.165, 1.54) is 0 Å². The Bertz CT molecular complexity index is 195. The van der Waals surface area contributed by atoms with Gasteiger partial charge in [0.2, 0.25) is 0 Å². The molecule has 0 aromatic rings. The van der Waals surface area contributed by atoms with Crippen LogP contribution < -0.4 is 5.32 Å². The summed E-state index contributed by atoms with van der Waals surface area (Å²) in [6.45, 7) is 2.02. The molecule has 0 aromatic heterocycles. The molecule has 1 amide bonds. The summed E-state index contributed by atoms with van der Waals surface area (Å²) in [7, 11) is 2.08. The van der Waals surface area contributed by atoms with Crippen LogP contribution in [0.3, 0.4) is 0 Å². The fourth-order valence-electron chi connectivity index (χ4n) is 1.91. The van der Waals surface area contributed by atoms with E-state index in [0.717, 1.165) is 25.9 Å². The van der Waals surface area contributed by atoms with Gasteiger partial charge in [-0.3, -0.25) is 0 Å². The van der Waals surface area contributed by atoms with Crippen LogP contribution in [0.1, 0.15) is 12.8 Å². The molecule has 4 heteroatoms. The Morgan fingerprint density at radius 3 is 3.33 bits per heavy atom. The van der Waals surface area contributed by atoms with Gasteiger partial charge in [0.1, 0.15) is 6.10 Å². The molecule has 2 heterocycles. The zero-order chi connectivity index (χ0) is 8.55. The van der Waals surface area contributed by atoms with Gasteiger partial charge in [-0.1, -0.05) is 0 Å². The first kappa shape index (κ1) is 7.86. The van der Waals surface area contributed by atoms with Crippen LogP contribution in [0.2, 0.25) is 0 Å². The Kier molecular flexibility index (Phi) is 1.92. The standard InChI is InChI=1S/C8H14N2O2/c1-10-4-2-3-7-6(5-10)9-8(11)12-7/h6-7H,2-5H2,1H3,(H,9,11). The summed E-state index contributed by atoms with van der Waals surface area (Å²) in [6.07, 6.45) is 1.98. The summed E-state index contributed by atoms with van der Waals surface area (Å²) in [5, 5.41) is 2.82. The number of nitrogens with one attached hydrogen (secondary N) is 1. The van der Waals surface area contributed by atoms with E-state index in [9.17, 15) is 4.79 Å². The lowest BCUT2D eigenvalue weighted by Crippen LogP contribution is -2.39. The van der Waals surface area contributed by atoms with E-state index in [4.69, 9.17) is 4.74 Å². The van der Waals surface area contributed by atoms with E-state index in [1.807, 2.05) is 0 Å². The Hall–Kier alpha value is -0.770. The van der Waals surface area contributed by atoms with Crippen molar-refractivity contribution in [3.05, 3.63) is 0 Å². The molecule has 2 fully saturated rings. The zero-order valence-corrected chi connectivity index (χ0v) is 7.25. The lowest BCUT2D eigenvalue weighted by Gasteiger charge is -2.17. The van der Waals surface area contributed by atoms with Crippen LogP contribution in [0.15, 0.2) is 0 Å². The topological polar surface area (TPSA) is 41.6 Å². The molecule has 2 aliphatic rings. The predicted octanol–water partition coefficient (Wildman–Crippen LogP) is 0.189. The van der Waals surface area contributed by atoms with Crippen LogP contribution in [0.4, 0.5) is 4.79 Å². The third kappa shape index (κ3) is 1.39. The molecule has 0 bridgehead atoms. The molecule has 0 aromatic carbocycles. The average Bonchev–Trinajstić information content (AvgIpc) is 2.23. The number of carbonyl (C=O) groups excluding carboxylic acids is 1. The van der Waals surface area contributed by atoms with Gasteiger partial charge in [-0.15, -0.1) is 0 Å². The van der Waals surface area contributed by atoms with E-state index in [2.05, 4.69) is 17.3 Å². The van der Waals surface area contributed by atoms with E-state index < -0.39 is 0 Å². The molecule has 4 nitrogen and oxygen atoms in total. The largest absolute Gasteiger partial charge is 0.444 e. The third-order valence-electron chi connectivity index (χ3n) is 2.55. The van der Waals surface area contributed by atoms with Crippen LogP contribution in [0.5, 0.6) is 0 Å². The summed E-state index contributed by atoms with van der Waals surface area (Å²) in [5.41, 5.74) is 0. The van der Waals surface area contributed by atoms with Crippen LogP contribution in [-0.2, 0) is 4.74 Å². The molecule has 0 saturated carbocycles. The molecular formula is C8H14N2O2. The van der Waals surface area contributed by atoms with Crippen LogP contribution in [0, 0.1) is 0 Å². The van der Waals surface area contributed by atoms with Crippen LogP contribution in [0.25, 0.3) is 0 Å². The maximum Gasteiger partial charge on any atom is 0.407 e. The van der Waals surface area contributed by atoms with Crippen molar-refractivity contribution in [3.63, 3.8) is 0 Å². The fraction of sp³-hybridized carbons (Fsp3) is 0.875. The van der Waals surface area contributed by atoms with Crippen molar-refractivity contribution in [2.75, 3.05) is 20.1 Å². The lowest BCUT2D eigenvalue weighted by atomic mass is 10.1. The molecule has 2 unspecified atom stereocenters. The van der Waals surface area contributed by atoms with Crippen molar-refractivity contribution in [2.45, 2.75) is 25.0 Å². The van der Waals surface area contributed by atoms with E-state index >= 15 is 0 Å². The number of likely N-dealkylation sites (N-methyl/N-ethyl adjacent to an activating group) is 1. The van der Waals surface area contributed by atoms with Gasteiger partial charge in [0, 0.05) is 6.54 Å². The molecule has 1 N–H and O–H groups in total. The van der Waals surface area contributed by atoms with E-state index in [0.29, 0.717) is 0 Å². The number of nitrogens with zero attached hydrogens (tertiary/aromatic N) is 1. The van der Waals surface area contributed by atoms with Crippen molar-refractivity contribution in [1.82, 2.24) is 10.2 Å². The van der Waals surface area contributed by atoms with Crippen molar-refractivity contribution >= 4 is 6.09 Å². The first-order valence-electron chi connectivity index (χ1n) is 4.41. The van der Waals surface area contributed by atoms with Crippen molar-refractivity contribution in [1.29, 1.82) is 0 Å².